The Labute approximate surface area is 233 Å². The predicted octanol–water partition coefficient (Wildman–Crippen LogP) is 4.42. The molecule has 3 fully saturated rings. The van der Waals surface area contributed by atoms with E-state index in [4.69, 9.17) is 14.2 Å². The quantitative estimate of drug-likeness (QED) is 0.402. The zero-order valence-corrected chi connectivity index (χ0v) is 23.4. The van der Waals surface area contributed by atoms with Crippen molar-refractivity contribution in [2.45, 2.75) is 67.5 Å². The molecule has 0 radical (unpaired) electrons. The Bertz CT molecular complexity index is 1470. The van der Waals surface area contributed by atoms with Gasteiger partial charge in [0.25, 0.3) is 0 Å². The summed E-state index contributed by atoms with van der Waals surface area (Å²) in [6.45, 7) is 3.95. The van der Waals surface area contributed by atoms with Gasteiger partial charge in [-0.05, 0) is 55.7 Å². The summed E-state index contributed by atoms with van der Waals surface area (Å²) in [6.07, 6.45) is 4.19. The molecule has 11 heteroatoms. The van der Waals surface area contributed by atoms with E-state index in [2.05, 4.69) is 32.3 Å². The van der Waals surface area contributed by atoms with Gasteiger partial charge in [-0.15, -0.1) is 0 Å². The smallest absolute Gasteiger partial charge is 0.221 e. The number of anilines is 2. The van der Waals surface area contributed by atoms with E-state index in [1.54, 1.807) is 7.11 Å². The largest absolute Gasteiger partial charge is 0.497 e. The standard InChI is InChI=1S/C29H33FN4O5S/c1-18-28(33-27-10-9-25(13-26(27)30)40(35,36)24-7-8-24)31-17-32-29(18)39-23-11-20-15-38-16-21(12-23)34(20)14-19-3-5-22(37-2)6-4-19/h3-6,9-10,13,17,20-21,23-24H,7-8,11-12,14-16H2,1-2H3,(H,31,32,33)/t20-,21?,23+/m1/s1. The molecule has 2 bridgehead atoms. The van der Waals surface area contributed by atoms with E-state index >= 15 is 0 Å². The first-order valence-corrected chi connectivity index (χ1v) is 15.1. The number of nitrogens with one attached hydrogen (secondary N) is 1. The van der Waals surface area contributed by atoms with Crippen molar-refractivity contribution in [1.82, 2.24) is 14.9 Å². The van der Waals surface area contributed by atoms with E-state index in [-0.39, 0.29) is 28.8 Å². The van der Waals surface area contributed by atoms with Crippen molar-refractivity contribution in [2.75, 3.05) is 25.6 Å². The van der Waals surface area contributed by atoms with Crippen LogP contribution in [-0.2, 0) is 21.1 Å². The highest BCUT2D eigenvalue weighted by Gasteiger charge is 2.40. The topological polar surface area (TPSA) is 103 Å². The maximum absolute atomic E-state index is 14.9. The number of sulfone groups is 1. The second kappa shape index (κ2) is 10.9. The van der Waals surface area contributed by atoms with Gasteiger partial charge in [0.15, 0.2) is 9.84 Å². The summed E-state index contributed by atoms with van der Waals surface area (Å²) >= 11 is 0. The number of rotatable bonds is 9. The first-order chi connectivity index (χ1) is 19.3. The first-order valence-electron chi connectivity index (χ1n) is 13.6. The molecule has 40 heavy (non-hydrogen) atoms. The van der Waals surface area contributed by atoms with Crippen LogP contribution < -0.4 is 14.8 Å². The minimum atomic E-state index is -3.47. The Morgan fingerprint density at radius 1 is 1.07 bits per heavy atom. The van der Waals surface area contributed by atoms with Crippen LogP contribution in [0.5, 0.6) is 11.6 Å². The normalized spacial score (nSPS) is 23.0. The van der Waals surface area contributed by atoms with Crippen molar-refractivity contribution in [3.05, 3.63) is 65.7 Å². The van der Waals surface area contributed by atoms with Crippen LogP contribution in [0.2, 0.25) is 0 Å². The number of aromatic nitrogens is 2. The number of halogens is 1. The lowest BCUT2D eigenvalue weighted by molar-refractivity contribution is -0.104. The Hall–Kier alpha value is -3.28. The highest BCUT2D eigenvalue weighted by Crippen LogP contribution is 2.36. The lowest BCUT2D eigenvalue weighted by Crippen LogP contribution is -2.58. The van der Waals surface area contributed by atoms with Crippen molar-refractivity contribution in [2.24, 2.45) is 0 Å². The lowest BCUT2D eigenvalue weighted by atomic mass is 9.91. The van der Waals surface area contributed by atoms with E-state index in [1.807, 2.05) is 19.1 Å². The molecule has 0 spiro atoms. The summed E-state index contributed by atoms with van der Waals surface area (Å²) in [6, 6.07) is 12.6. The molecule has 3 heterocycles. The van der Waals surface area contributed by atoms with Crippen LogP contribution in [0.3, 0.4) is 0 Å². The average molecular weight is 569 g/mol. The molecule has 2 aromatic carbocycles. The number of morpholine rings is 1. The third kappa shape index (κ3) is 5.50. The van der Waals surface area contributed by atoms with Gasteiger partial charge in [0.05, 0.1) is 41.7 Å². The van der Waals surface area contributed by atoms with Gasteiger partial charge >= 0.3 is 0 Å². The molecule has 1 unspecified atom stereocenters. The summed E-state index contributed by atoms with van der Waals surface area (Å²) in [4.78, 5) is 11.2. The van der Waals surface area contributed by atoms with Crippen molar-refractivity contribution >= 4 is 21.3 Å². The van der Waals surface area contributed by atoms with Gasteiger partial charge in [0.1, 0.15) is 29.8 Å². The summed E-state index contributed by atoms with van der Waals surface area (Å²) in [7, 11) is -1.81. The van der Waals surface area contributed by atoms with Crippen molar-refractivity contribution in [1.29, 1.82) is 0 Å². The molecule has 1 aliphatic carbocycles. The monoisotopic (exact) mass is 568 g/mol. The van der Waals surface area contributed by atoms with Gasteiger partial charge in [-0.2, -0.15) is 0 Å². The fourth-order valence-electron chi connectivity index (χ4n) is 5.55. The van der Waals surface area contributed by atoms with E-state index < -0.39 is 20.9 Å². The number of piperidine rings is 1. The van der Waals surface area contributed by atoms with Gasteiger partial charge in [0, 0.05) is 31.5 Å². The Morgan fingerprint density at radius 2 is 1.80 bits per heavy atom. The van der Waals surface area contributed by atoms with E-state index in [9.17, 15) is 12.8 Å². The highest BCUT2D eigenvalue weighted by molar-refractivity contribution is 7.92. The van der Waals surface area contributed by atoms with Gasteiger partial charge in [-0.1, -0.05) is 12.1 Å². The number of nitrogens with zero attached hydrogens (tertiary/aromatic N) is 3. The molecule has 2 aliphatic heterocycles. The molecular formula is C29H33FN4O5S. The maximum Gasteiger partial charge on any atom is 0.221 e. The Morgan fingerprint density at radius 3 is 2.45 bits per heavy atom. The molecular weight excluding hydrogens is 535 g/mol. The van der Waals surface area contributed by atoms with Crippen LogP contribution in [-0.4, -0.2) is 67.0 Å². The minimum absolute atomic E-state index is 0.00865. The molecule has 2 saturated heterocycles. The number of benzene rings is 2. The van der Waals surface area contributed by atoms with Gasteiger partial charge in [0.2, 0.25) is 5.88 Å². The van der Waals surface area contributed by atoms with E-state index in [1.165, 1.54) is 24.0 Å². The molecule has 212 valence electrons. The fraction of sp³-hybridized carbons (Fsp3) is 0.448. The number of hydrogen-bond acceptors (Lipinski definition) is 9. The number of fused-ring (bicyclic) bond motifs is 2. The maximum atomic E-state index is 14.9. The zero-order chi connectivity index (χ0) is 27.9. The molecule has 1 aromatic heterocycles. The van der Waals surface area contributed by atoms with Gasteiger partial charge < -0.3 is 19.5 Å². The molecule has 6 rings (SSSR count). The summed E-state index contributed by atoms with van der Waals surface area (Å²) in [5, 5.41) is 2.59. The fourth-order valence-corrected chi connectivity index (χ4v) is 7.21. The van der Waals surface area contributed by atoms with Gasteiger partial charge in [-0.25, -0.2) is 22.8 Å². The zero-order valence-electron chi connectivity index (χ0n) is 22.5. The van der Waals surface area contributed by atoms with Crippen LogP contribution in [0.25, 0.3) is 0 Å². The number of ether oxygens (including phenoxy) is 3. The van der Waals surface area contributed by atoms with Crippen LogP contribution in [0.15, 0.2) is 53.7 Å². The SMILES string of the molecule is COc1ccc(CN2C3COC[C@H]2C[C@H](Oc2ncnc(Nc4ccc(S(=O)(=O)C5CC5)cc4F)c2C)C3)cc1. The second-order valence-corrected chi connectivity index (χ2v) is 13.0. The predicted molar refractivity (Wildman–Crippen MR) is 147 cm³/mol. The van der Waals surface area contributed by atoms with Crippen molar-refractivity contribution in [3.8, 4) is 11.6 Å². The van der Waals surface area contributed by atoms with Crippen LogP contribution in [0, 0.1) is 12.7 Å². The minimum Gasteiger partial charge on any atom is -0.497 e. The molecule has 9 nitrogen and oxygen atoms in total. The van der Waals surface area contributed by atoms with E-state index in [0.717, 1.165) is 31.2 Å². The molecule has 3 atom stereocenters. The van der Waals surface area contributed by atoms with Crippen LogP contribution in [0.4, 0.5) is 15.9 Å². The van der Waals surface area contributed by atoms with Crippen LogP contribution >= 0.6 is 0 Å². The third-order valence-corrected chi connectivity index (χ3v) is 10.2. The Kier molecular flexibility index (Phi) is 7.37. The van der Waals surface area contributed by atoms with Crippen LogP contribution in [0.1, 0.15) is 36.8 Å². The molecule has 1 N–H and O–H groups in total. The highest BCUT2D eigenvalue weighted by atomic mass is 32.2. The third-order valence-electron chi connectivity index (χ3n) is 7.95. The molecule has 3 aromatic rings. The lowest BCUT2D eigenvalue weighted by Gasteiger charge is -2.48. The van der Waals surface area contributed by atoms with Gasteiger partial charge in [-0.3, -0.25) is 4.90 Å². The summed E-state index contributed by atoms with van der Waals surface area (Å²) in [5.41, 5.74) is 2.02. The molecule has 3 aliphatic rings. The molecule has 1 saturated carbocycles. The average Bonchev–Trinajstić information content (AvgIpc) is 3.79. The molecule has 0 amide bonds. The number of hydrogen-bond donors (Lipinski definition) is 1. The summed E-state index contributed by atoms with van der Waals surface area (Å²) in [5.74, 6) is 1.04. The van der Waals surface area contributed by atoms with Crippen molar-refractivity contribution < 1.29 is 27.0 Å². The Balaban J connectivity index is 1.13. The van der Waals surface area contributed by atoms with E-state index in [0.29, 0.717) is 43.3 Å². The first kappa shape index (κ1) is 26.9. The second-order valence-electron chi connectivity index (χ2n) is 10.7. The summed E-state index contributed by atoms with van der Waals surface area (Å²) < 4.78 is 57.4. The number of methoxy groups -OCH3 is 1. The van der Waals surface area contributed by atoms with Crippen molar-refractivity contribution in [3.63, 3.8) is 0 Å².